The summed E-state index contributed by atoms with van der Waals surface area (Å²) < 4.78 is 1.88. The fourth-order valence-electron chi connectivity index (χ4n) is 3.07. The van der Waals surface area contributed by atoms with Gasteiger partial charge >= 0.3 is 0 Å². The van der Waals surface area contributed by atoms with Crippen molar-refractivity contribution in [1.82, 2.24) is 4.57 Å². The Morgan fingerprint density at radius 3 is 2.65 bits per heavy atom. The normalized spacial score (nSPS) is 13.2. The van der Waals surface area contributed by atoms with E-state index in [2.05, 4.69) is 11.6 Å². The number of para-hydroxylation sites is 2. The Morgan fingerprint density at radius 1 is 1.13 bits per heavy atom. The number of aliphatic imine (C=N–C) groups is 1. The number of ketones is 1. The number of hydrogen-bond donors (Lipinski definition) is 1. The van der Waals surface area contributed by atoms with Gasteiger partial charge < -0.3 is 9.67 Å². The molecule has 0 aliphatic carbocycles. The fourth-order valence-corrected chi connectivity index (χ4v) is 3.07. The predicted octanol–water partition coefficient (Wildman–Crippen LogP) is 3.85. The first-order chi connectivity index (χ1) is 11.2. The van der Waals surface area contributed by atoms with E-state index in [4.69, 9.17) is 0 Å². The van der Waals surface area contributed by atoms with Crippen LogP contribution in [0.2, 0.25) is 0 Å². The van der Waals surface area contributed by atoms with Crippen molar-refractivity contribution in [2.45, 2.75) is 6.54 Å². The molecule has 0 fully saturated rings. The van der Waals surface area contributed by atoms with E-state index in [0.717, 1.165) is 5.52 Å². The number of fused-ring (bicyclic) bond motifs is 2. The first-order valence-corrected chi connectivity index (χ1v) is 7.36. The molecule has 0 radical (unpaired) electrons. The van der Waals surface area contributed by atoms with Crippen molar-refractivity contribution in [3.05, 3.63) is 72.4 Å². The highest BCUT2D eigenvalue weighted by molar-refractivity contribution is 6.55. The minimum Gasteiger partial charge on any atom is -0.505 e. The molecule has 0 amide bonds. The highest BCUT2D eigenvalue weighted by Crippen LogP contribution is 2.37. The van der Waals surface area contributed by atoms with Crippen LogP contribution < -0.4 is 0 Å². The molecule has 1 aromatic heterocycles. The standard InChI is InChI=1S/C19H14N2O2/c1-2-11-21-15-10-6-4-8-13(15)19(23)17(21)16-18(22)12-7-3-5-9-14(12)20-16/h2-10,23H,1,11H2. The maximum Gasteiger partial charge on any atom is 0.215 e. The smallest absolute Gasteiger partial charge is 0.215 e. The van der Waals surface area contributed by atoms with E-state index in [1.54, 1.807) is 18.2 Å². The SMILES string of the molecule is C=CCn1c(C2=Nc3ccccc3C2=O)c(O)c2ccccc21. The lowest BCUT2D eigenvalue weighted by molar-refractivity contribution is 0.106. The number of allylic oxidation sites excluding steroid dienone is 1. The molecular formula is C19H14N2O2. The summed E-state index contributed by atoms with van der Waals surface area (Å²) in [7, 11) is 0. The first-order valence-electron chi connectivity index (χ1n) is 7.36. The number of aromatic hydroxyl groups is 1. The molecule has 0 unspecified atom stereocenters. The van der Waals surface area contributed by atoms with E-state index in [1.807, 2.05) is 41.0 Å². The predicted molar refractivity (Wildman–Crippen MR) is 90.8 cm³/mol. The summed E-state index contributed by atoms with van der Waals surface area (Å²) in [5, 5.41) is 11.4. The molecule has 1 aliphatic rings. The molecule has 0 atom stereocenters. The van der Waals surface area contributed by atoms with Gasteiger partial charge in [0.25, 0.3) is 0 Å². The van der Waals surface area contributed by atoms with Crippen LogP contribution in [0.25, 0.3) is 10.9 Å². The Balaban J connectivity index is 2.00. The van der Waals surface area contributed by atoms with Gasteiger partial charge in [0.2, 0.25) is 5.78 Å². The number of Topliss-reactive ketones (excluding diaryl/α,β-unsaturated/α-hetero) is 1. The second kappa shape index (κ2) is 4.95. The van der Waals surface area contributed by atoms with E-state index >= 15 is 0 Å². The van der Waals surface area contributed by atoms with Gasteiger partial charge in [0, 0.05) is 17.5 Å². The van der Waals surface area contributed by atoms with Gasteiger partial charge in [-0.15, -0.1) is 6.58 Å². The van der Waals surface area contributed by atoms with E-state index in [-0.39, 0.29) is 17.2 Å². The molecule has 2 aromatic carbocycles. The highest BCUT2D eigenvalue weighted by atomic mass is 16.3. The number of aromatic nitrogens is 1. The Morgan fingerprint density at radius 2 is 1.87 bits per heavy atom. The second-order valence-corrected chi connectivity index (χ2v) is 5.42. The minimum absolute atomic E-state index is 0.0855. The molecule has 3 aromatic rings. The van der Waals surface area contributed by atoms with Gasteiger partial charge in [-0.3, -0.25) is 4.79 Å². The van der Waals surface area contributed by atoms with Gasteiger partial charge in [-0.05, 0) is 24.3 Å². The molecule has 0 saturated carbocycles. The lowest BCUT2D eigenvalue weighted by Gasteiger charge is -2.07. The number of benzene rings is 2. The number of carbonyl (C=O) groups is 1. The van der Waals surface area contributed by atoms with Crippen LogP contribution in [0.3, 0.4) is 0 Å². The van der Waals surface area contributed by atoms with Crippen LogP contribution in [0.4, 0.5) is 5.69 Å². The third-order valence-corrected chi connectivity index (χ3v) is 4.08. The van der Waals surface area contributed by atoms with Crippen molar-refractivity contribution < 1.29 is 9.90 Å². The molecule has 0 spiro atoms. The topological polar surface area (TPSA) is 54.6 Å². The summed E-state index contributed by atoms with van der Waals surface area (Å²) in [4.78, 5) is 17.2. The maximum absolute atomic E-state index is 12.7. The van der Waals surface area contributed by atoms with Gasteiger partial charge in [0.05, 0.1) is 11.2 Å². The summed E-state index contributed by atoms with van der Waals surface area (Å²) in [6.07, 6.45) is 1.74. The van der Waals surface area contributed by atoms with Crippen LogP contribution in [0.15, 0.2) is 66.2 Å². The molecule has 1 N–H and O–H groups in total. The third-order valence-electron chi connectivity index (χ3n) is 4.08. The maximum atomic E-state index is 12.7. The summed E-state index contributed by atoms with van der Waals surface area (Å²) in [5.41, 5.74) is 2.79. The third kappa shape index (κ3) is 1.85. The van der Waals surface area contributed by atoms with Crippen LogP contribution >= 0.6 is 0 Å². The Bertz CT molecular complexity index is 996. The summed E-state index contributed by atoms with van der Waals surface area (Å²) in [6, 6.07) is 14.7. The van der Waals surface area contributed by atoms with Gasteiger partial charge in [-0.25, -0.2) is 4.99 Å². The number of rotatable bonds is 3. The lowest BCUT2D eigenvalue weighted by Crippen LogP contribution is -2.16. The average Bonchev–Trinajstić information content (AvgIpc) is 3.05. The van der Waals surface area contributed by atoms with Gasteiger partial charge in [0.1, 0.15) is 11.4 Å². The molecular weight excluding hydrogens is 288 g/mol. The largest absolute Gasteiger partial charge is 0.505 e. The van der Waals surface area contributed by atoms with Gasteiger partial charge in [-0.1, -0.05) is 30.3 Å². The molecule has 4 rings (SSSR count). The van der Waals surface area contributed by atoms with E-state index < -0.39 is 0 Å². The van der Waals surface area contributed by atoms with E-state index in [1.165, 1.54) is 0 Å². The zero-order chi connectivity index (χ0) is 16.0. The fraction of sp³-hybridized carbons (Fsp3) is 0.0526. The molecule has 23 heavy (non-hydrogen) atoms. The Labute approximate surface area is 133 Å². The summed E-state index contributed by atoms with van der Waals surface area (Å²) in [5.74, 6) is -0.0774. The second-order valence-electron chi connectivity index (χ2n) is 5.42. The van der Waals surface area contributed by atoms with Crippen LogP contribution in [0, 0.1) is 0 Å². The lowest BCUT2D eigenvalue weighted by atomic mass is 10.1. The average molecular weight is 302 g/mol. The molecule has 2 heterocycles. The van der Waals surface area contributed by atoms with Crippen LogP contribution in [0.5, 0.6) is 5.75 Å². The summed E-state index contributed by atoms with van der Waals surface area (Å²) in [6.45, 7) is 4.26. The molecule has 1 aliphatic heterocycles. The van der Waals surface area contributed by atoms with Crippen molar-refractivity contribution in [3.63, 3.8) is 0 Å². The quantitative estimate of drug-likeness (QED) is 0.747. The molecule has 4 heteroatoms. The van der Waals surface area contributed by atoms with E-state index in [0.29, 0.717) is 28.9 Å². The van der Waals surface area contributed by atoms with Gasteiger partial charge in [0.15, 0.2) is 5.75 Å². The van der Waals surface area contributed by atoms with Crippen molar-refractivity contribution in [2.24, 2.45) is 4.99 Å². The molecule has 4 nitrogen and oxygen atoms in total. The minimum atomic E-state index is -0.163. The van der Waals surface area contributed by atoms with Crippen LogP contribution in [-0.2, 0) is 6.54 Å². The number of nitrogens with zero attached hydrogens (tertiary/aromatic N) is 2. The number of hydrogen-bond acceptors (Lipinski definition) is 3. The Hall–Kier alpha value is -3.14. The van der Waals surface area contributed by atoms with Crippen molar-refractivity contribution in [1.29, 1.82) is 0 Å². The molecule has 0 bridgehead atoms. The van der Waals surface area contributed by atoms with E-state index in [9.17, 15) is 9.90 Å². The zero-order valence-electron chi connectivity index (χ0n) is 12.4. The van der Waals surface area contributed by atoms with Crippen molar-refractivity contribution >= 4 is 28.1 Å². The van der Waals surface area contributed by atoms with Crippen LogP contribution in [-0.4, -0.2) is 21.2 Å². The first kappa shape index (κ1) is 13.5. The van der Waals surface area contributed by atoms with Crippen molar-refractivity contribution in [2.75, 3.05) is 0 Å². The highest BCUT2D eigenvalue weighted by Gasteiger charge is 2.31. The number of carbonyl (C=O) groups excluding carboxylic acids is 1. The van der Waals surface area contributed by atoms with Crippen LogP contribution in [0.1, 0.15) is 16.1 Å². The van der Waals surface area contributed by atoms with Crippen molar-refractivity contribution in [3.8, 4) is 5.75 Å². The monoisotopic (exact) mass is 302 g/mol. The Kier molecular flexibility index (Phi) is 2.91. The zero-order valence-corrected chi connectivity index (χ0v) is 12.4. The van der Waals surface area contributed by atoms with Gasteiger partial charge in [-0.2, -0.15) is 0 Å². The summed E-state index contributed by atoms with van der Waals surface area (Å²) >= 11 is 0. The molecule has 0 saturated heterocycles. The molecule has 112 valence electrons.